The number of benzene rings is 1. The number of amides is 1. The van der Waals surface area contributed by atoms with Gasteiger partial charge < -0.3 is 9.73 Å². The fourth-order valence-corrected chi connectivity index (χ4v) is 3.73. The van der Waals surface area contributed by atoms with Gasteiger partial charge in [0.1, 0.15) is 0 Å². The second-order valence-corrected chi connectivity index (χ2v) is 8.07. The van der Waals surface area contributed by atoms with E-state index < -0.39 is 0 Å². The van der Waals surface area contributed by atoms with Gasteiger partial charge in [0.25, 0.3) is 0 Å². The third kappa shape index (κ3) is 4.71. The van der Waals surface area contributed by atoms with E-state index in [9.17, 15) is 9.59 Å². The van der Waals surface area contributed by atoms with Gasteiger partial charge in [-0.25, -0.2) is 0 Å². The number of Topliss-reactive ketones (excluding diaryl/α,β-unsaturated/α-hetero) is 1. The Kier molecular flexibility index (Phi) is 6.35. The number of carbonyl (C=O) groups is 2. The zero-order valence-corrected chi connectivity index (χ0v) is 18.0. The van der Waals surface area contributed by atoms with Gasteiger partial charge in [0, 0.05) is 17.3 Å². The minimum atomic E-state index is -0.166. The smallest absolute Gasteiger partial charge is 0.234 e. The van der Waals surface area contributed by atoms with Crippen molar-refractivity contribution in [2.75, 3.05) is 11.1 Å². The van der Waals surface area contributed by atoms with E-state index in [1.807, 2.05) is 24.5 Å². The molecule has 0 radical (unpaired) electrons. The zero-order valence-electron chi connectivity index (χ0n) is 15.6. The summed E-state index contributed by atoms with van der Waals surface area (Å²) in [4.78, 5) is 23.6. The van der Waals surface area contributed by atoms with E-state index in [2.05, 4.69) is 31.4 Å². The van der Waals surface area contributed by atoms with Crippen molar-refractivity contribution in [3.05, 3.63) is 46.6 Å². The molecule has 0 unspecified atom stereocenters. The van der Waals surface area contributed by atoms with Gasteiger partial charge in [-0.05, 0) is 73.1 Å². The van der Waals surface area contributed by atoms with Crippen molar-refractivity contribution in [1.82, 2.24) is 14.8 Å². The van der Waals surface area contributed by atoms with Gasteiger partial charge in [0.2, 0.25) is 11.7 Å². The number of aromatic nitrogens is 3. The molecule has 3 aromatic rings. The van der Waals surface area contributed by atoms with Crippen LogP contribution < -0.4 is 5.32 Å². The first kappa shape index (κ1) is 20.3. The van der Waals surface area contributed by atoms with E-state index in [-0.39, 0.29) is 23.5 Å². The van der Waals surface area contributed by atoms with Crippen LogP contribution in [0.15, 0.2) is 50.6 Å². The van der Waals surface area contributed by atoms with E-state index in [4.69, 9.17) is 4.42 Å². The molecule has 0 atom stereocenters. The Hall–Kier alpha value is -2.39. The zero-order chi connectivity index (χ0) is 20.3. The third-order valence-electron chi connectivity index (χ3n) is 3.88. The van der Waals surface area contributed by atoms with Gasteiger partial charge in [-0.2, -0.15) is 0 Å². The van der Waals surface area contributed by atoms with Crippen LogP contribution in [0.5, 0.6) is 0 Å². The minimum absolute atomic E-state index is 0.0131. The Morgan fingerprint density at radius 1 is 1.18 bits per heavy atom. The molecule has 0 saturated heterocycles. The molecule has 0 aliphatic heterocycles. The van der Waals surface area contributed by atoms with Crippen LogP contribution in [0.1, 0.15) is 37.2 Å². The first-order valence-corrected chi connectivity index (χ1v) is 10.4. The minimum Gasteiger partial charge on any atom is -0.446 e. The number of furan rings is 1. The third-order valence-corrected chi connectivity index (χ3v) is 5.25. The van der Waals surface area contributed by atoms with Crippen molar-refractivity contribution in [2.24, 2.45) is 0 Å². The molecule has 0 fully saturated rings. The first-order chi connectivity index (χ1) is 13.3. The normalized spacial score (nSPS) is 11.0. The molecule has 1 N–H and O–H groups in total. The number of rotatable bonds is 7. The number of hydrogen-bond acceptors (Lipinski definition) is 6. The van der Waals surface area contributed by atoms with Crippen molar-refractivity contribution in [2.45, 2.75) is 32.0 Å². The predicted octanol–water partition coefficient (Wildman–Crippen LogP) is 4.81. The molecule has 3 rings (SSSR count). The maximum atomic E-state index is 12.3. The van der Waals surface area contributed by atoms with Crippen LogP contribution in [0.2, 0.25) is 0 Å². The molecule has 0 saturated carbocycles. The summed E-state index contributed by atoms with van der Waals surface area (Å²) >= 11 is 4.59. The lowest BCUT2D eigenvalue weighted by atomic mass is 10.1. The molecule has 0 bridgehead atoms. The number of thioether (sulfide) groups is 1. The van der Waals surface area contributed by atoms with Crippen molar-refractivity contribution >= 4 is 45.1 Å². The highest BCUT2D eigenvalue weighted by molar-refractivity contribution is 9.10. The van der Waals surface area contributed by atoms with E-state index in [0.717, 1.165) is 0 Å². The van der Waals surface area contributed by atoms with Crippen LogP contribution in [-0.4, -0.2) is 32.2 Å². The number of hydrogen-bond donors (Lipinski definition) is 1. The molecule has 2 heterocycles. The van der Waals surface area contributed by atoms with E-state index in [0.29, 0.717) is 32.7 Å². The molecule has 2 aromatic heterocycles. The topological polar surface area (TPSA) is 90.0 Å². The lowest BCUT2D eigenvalue weighted by Crippen LogP contribution is -2.15. The molecular formula is C19H19BrN4O3S. The van der Waals surface area contributed by atoms with Crippen LogP contribution in [0.3, 0.4) is 0 Å². The van der Waals surface area contributed by atoms with E-state index >= 15 is 0 Å². The number of halogens is 1. The summed E-state index contributed by atoms with van der Waals surface area (Å²) in [6.45, 7) is 5.54. The maximum absolute atomic E-state index is 12.3. The maximum Gasteiger partial charge on any atom is 0.234 e. The monoisotopic (exact) mass is 462 g/mol. The Morgan fingerprint density at radius 3 is 2.46 bits per heavy atom. The molecule has 28 heavy (non-hydrogen) atoms. The van der Waals surface area contributed by atoms with Crippen molar-refractivity contribution in [3.8, 4) is 11.6 Å². The molecule has 0 spiro atoms. The fraction of sp³-hybridized carbons (Fsp3) is 0.263. The highest BCUT2D eigenvalue weighted by Gasteiger charge is 2.20. The summed E-state index contributed by atoms with van der Waals surface area (Å²) in [6, 6.07) is 10.5. The quantitative estimate of drug-likeness (QED) is 0.399. The average molecular weight is 463 g/mol. The second kappa shape index (κ2) is 8.74. The van der Waals surface area contributed by atoms with Gasteiger partial charge in [-0.3, -0.25) is 14.2 Å². The Balaban J connectivity index is 1.67. The Labute approximate surface area is 175 Å². The Bertz CT molecular complexity index is 995. The summed E-state index contributed by atoms with van der Waals surface area (Å²) < 4.78 is 8.14. The fourth-order valence-electron chi connectivity index (χ4n) is 2.56. The molecular weight excluding hydrogens is 444 g/mol. The van der Waals surface area contributed by atoms with Crippen molar-refractivity contribution in [1.29, 1.82) is 0 Å². The van der Waals surface area contributed by atoms with Gasteiger partial charge in [0.15, 0.2) is 21.4 Å². The Morgan fingerprint density at radius 2 is 1.89 bits per heavy atom. The van der Waals surface area contributed by atoms with Crippen LogP contribution >= 0.6 is 27.7 Å². The molecule has 7 nitrogen and oxygen atoms in total. The molecule has 146 valence electrons. The molecule has 0 aliphatic rings. The number of nitrogens with zero attached hydrogens (tertiary/aromatic N) is 3. The highest BCUT2D eigenvalue weighted by atomic mass is 79.9. The van der Waals surface area contributed by atoms with Crippen molar-refractivity contribution < 1.29 is 14.0 Å². The first-order valence-electron chi connectivity index (χ1n) is 8.59. The van der Waals surface area contributed by atoms with Crippen LogP contribution in [0.25, 0.3) is 11.6 Å². The van der Waals surface area contributed by atoms with Gasteiger partial charge >= 0.3 is 0 Å². The van der Waals surface area contributed by atoms with Gasteiger partial charge in [0.05, 0.1) is 5.75 Å². The van der Waals surface area contributed by atoms with Crippen molar-refractivity contribution in [3.63, 3.8) is 0 Å². The van der Waals surface area contributed by atoms with Crippen LogP contribution in [0.4, 0.5) is 5.69 Å². The number of anilines is 1. The average Bonchev–Trinajstić information content (AvgIpc) is 3.26. The number of nitrogens with one attached hydrogen (secondary N) is 1. The van der Waals surface area contributed by atoms with Crippen LogP contribution in [-0.2, 0) is 4.79 Å². The molecule has 9 heteroatoms. The molecule has 1 amide bonds. The SMILES string of the molecule is CC(=O)c1ccc(NC(=O)CSc2nnc(-c3ccc(Br)o3)n2C(C)C)cc1. The second-order valence-electron chi connectivity index (χ2n) is 6.34. The molecule has 0 aliphatic carbocycles. The summed E-state index contributed by atoms with van der Waals surface area (Å²) in [7, 11) is 0. The standard InChI is InChI=1S/C19H19BrN4O3S/c1-11(2)24-18(15-8-9-16(20)27-15)22-23-19(24)28-10-17(26)21-14-6-4-13(5-7-14)12(3)25/h4-9,11H,10H2,1-3H3,(H,21,26). The predicted molar refractivity (Wildman–Crippen MR) is 112 cm³/mol. The largest absolute Gasteiger partial charge is 0.446 e. The number of carbonyl (C=O) groups excluding carboxylic acids is 2. The van der Waals surface area contributed by atoms with Crippen LogP contribution in [0, 0.1) is 0 Å². The van der Waals surface area contributed by atoms with Gasteiger partial charge in [-0.1, -0.05) is 11.8 Å². The lowest BCUT2D eigenvalue weighted by Gasteiger charge is -2.12. The summed E-state index contributed by atoms with van der Waals surface area (Å²) in [5.41, 5.74) is 1.25. The molecule has 1 aromatic carbocycles. The highest BCUT2D eigenvalue weighted by Crippen LogP contribution is 2.30. The lowest BCUT2D eigenvalue weighted by molar-refractivity contribution is -0.113. The van der Waals surface area contributed by atoms with Gasteiger partial charge in [-0.15, -0.1) is 10.2 Å². The summed E-state index contributed by atoms with van der Waals surface area (Å²) in [5.74, 6) is 1.22. The number of ketones is 1. The summed E-state index contributed by atoms with van der Waals surface area (Å²) in [5, 5.41) is 11.9. The van der Waals surface area contributed by atoms with E-state index in [1.165, 1.54) is 18.7 Å². The van der Waals surface area contributed by atoms with E-state index in [1.54, 1.807) is 30.3 Å². The summed E-state index contributed by atoms with van der Waals surface area (Å²) in [6.07, 6.45) is 0.